The first kappa shape index (κ1) is 12.5. The van der Waals surface area contributed by atoms with Gasteiger partial charge in [0.2, 0.25) is 0 Å². The van der Waals surface area contributed by atoms with E-state index in [1.807, 2.05) is 0 Å². The molecule has 0 N–H and O–H groups in total. The average molecular weight is 242 g/mol. The molecule has 0 aromatic rings. The van der Waals surface area contributed by atoms with E-state index < -0.39 is 30.9 Å². The number of epoxide rings is 1. The molecule has 0 amide bonds. The van der Waals surface area contributed by atoms with Gasteiger partial charge in [0.15, 0.2) is 0 Å². The van der Waals surface area contributed by atoms with Crippen LogP contribution in [0.25, 0.3) is 0 Å². The fraction of sp³-hybridized carbons (Fsp3) is 1.00. The van der Waals surface area contributed by atoms with Gasteiger partial charge in [-0.15, -0.1) is 0 Å². The molecule has 90 valence electrons. The van der Waals surface area contributed by atoms with Gasteiger partial charge in [0, 0.05) is 0 Å². The maximum Gasteiger partial charge on any atom is 0.458 e. The van der Waals surface area contributed by atoms with Crippen molar-refractivity contribution < 1.29 is 40.2 Å². The van der Waals surface area contributed by atoms with Crippen molar-refractivity contribution in [3.8, 4) is 0 Å². The normalized spacial score (nSPS) is 23.0. The summed E-state index contributed by atoms with van der Waals surface area (Å²) in [5.74, 6) is -5.63. The van der Waals surface area contributed by atoms with E-state index in [0.717, 1.165) is 0 Å². The molecule has 1 unspecified atom stereocenters. The minimum absolute atomic E-state index is 0.0359. The molecule has 9 heteroatoms. The minimum atomic E-state index is -6.17. The Morgan fingerprint density at radius 1 is 1.00 bits per heavy atom. The number of ether oxygens (including phenoxy) is 2. The molecule has 1 saturated heterocycles. The van der Waals surface area contributed by atoms with Crippen LogP contribution in [0.4, 0.5) is 30.7 Å². The summed E-state index contributed by atoms with van der Waals surface area (Å²) in [4.78, 5) is 0. The van der Waals surface area contributed by atoms with Crippen LogP contribution in [-0.2, 0) is 9.47 Å². The smallest absolute Gasteiger partial charge is 0.371 e. The first-order valence-corrected chi connectivity index (χ1v) is 3.66. The Balaban J connectivity index is 2.75. The Labute approximate surface area is 78.9 Å². The third kappa shape index (κ3) is 2.51. The van der Waals surface area contributed by atoms with E-state index in [-0.39, 0.29) is 6.61 Å². The zero-order valence-electron chi connectivity index (χ0n) is 6.95. The van der Waals surface area contributed by atoms with E-state index in [0.29, 0.717) is 0 Å². The van der Waals surface area contributed by atoms with Crippen LogP contribution in [0.3, 0.4) is 0 Å². The van der Waals surface area contributed by atoms with Crippen LogP contribution in [0, 0.1) is 0 Å². The predicted octanol–water partition coefficient (Wildman–Crippen LogP) is 2.19. The molecule has 0 spiro atoms. The highest BCUT2D eigenvalue weighted by Crippen LogP contribution is 2.47. The van der Waals surface area contributed by atoms with Crippen molar-refractivity contribution in [1.82, 2.24) is 0 Å². The molecule has 1 aliphatic heterocycles. The zero-order valence-corrected chi connectivity index (χ0v) is 6.95. The lowest BCUT2D eigenvalue weighted by molar-refractivity contribution is -0.430. The van der Waals surface area contributed by atoms with Gasteiger partial charge in [0.25, 0.3) is 0 Å². The second-order valence-corrected chi connectivity index (χ2v) is 2.86. The van der Waals surface area contributed by atoms with Gasteiger partial charge in [-0.05, 0) is 0 Å². The van der Waals surface area contributed by atoms with Gasteiger partial charge in [-0.1, -0.05) is 0 Å². The van der Waals surface area contributed by atoms with E-state index in [2.05, 4.69) is 9.47 Å². The summed E-state index contributed by atoms with van der Waals surface area (Å²) in [7, 11) is 0. The van der Waals surface area contributed by atoms with E-state index in [4.69, 9.17) is 0 Å². The molecular formula is C6H5F7O2. The topological polar surface area (TPSA) is 21.8 Å². The van der Waals surface area contributed by atoms with Crippen LogP contribution in [-0.4, -0.2) is 37.5 Å². The van der Waals surface area contributed by atoms with Crippen LogP contribution >= 0.6 is 0 Å². The summed E-state index contributed by atoms with van der Waals surface area (Å²) in [6.45, 7) is -1.12. The van der Waals surface area contributed by atoms with Gasteiger partial charge in [-0.25, -0.2) is 0 Å². The van der Waals surface area contributed by atoms with Crippen LogP contribution in [0.1, 0.15) is 0 Å². The maximum absolute atomic E-state index is 12.7. The molecule has 1 heterocycles. The van der Waals surface area contributed by atoms with Gasteiger partial charge < -0.3 is 9.47 Å². The zero-order chi connectivity index (χ0) is 11.9. The van der Waals surface area contributed by atoms with Crippen LogP contribution in [0.15, 0.2) is 0 Å². The van der Waals surface area contributed by atoms with Gasteiger partial charge in [-0.2, -0.15) is 30.7 Å². The van der Waals surface area contributed by atoms with Crippen molar-refractivity contribution in [1.29, 1.82) is 0 Å². The molecule has 0 saturated carbocycles. The van der Waals surface area contributed by atoms with Gasteiger partial charge >= 0.3 is 18.2 Å². The molecule has 15 heavy (non-hydrogen) atoms. The number of rotatable bonds is 3. The minimum Gasteiger partial charge on any atom is -0.371 e. The van der Waals surface area contributed by atoms with E-state index >= 15 is 0 Å². The van der Waals surface area contributed by atoms with E-state index in [9.17, 15) is 30.7 Å². The molecule has 1 aliphatic rings. The van der Waals surface area contributed by atoms with Crippen LogP contribution in [0.5, 0.6) is 0 Å². The number of alkyl halides is 7. The summed E-state index contributed by atoms with van der Waals surface area (Å²) in [6.07, 6.45) is -13.2. The second kappa shape index (κ2) is 3.48. The van der Waals surface area contributed by atoms with Crippen LogP contribution in [0.2, 0.25) is 0 Å². The highest BCUT2D eigenvalue weighted by atomic mass is 19.4. The number of hydrogen-bond acceptors (Lipinski definition) is 2. The van der Waals surface area contributed by atoms with Crippen molar-refractivity contribution >= 4 is 0 Å². The fourth-order valence-electron chi connectivity index (χ4n) is 0.696. The lowest BCUT2D eigenvalue weighted by Gasteiger charge is -2.29. The predicted molar refractivity (Wildman–Crippen MR) is 31.6 cm³/mol. The Morgan fingerprint density at radius 3 is 1.67 bits per heavy atom. The van der Waals surface area contributed by atoms with Crippen molar-refractivity contribution in [3.05, 3.63) is 0 Å². The van der Waals surface area contributed by atoms with Crippen molar-refractivity contribution in [2.45, 2.75) is 24.3 Å². The third-order valence-corrected chi connectivity index (χ3v) is 1.60. The van der Waals surface area contributed by atoms with Crippen LogP contribution < -0.4 is 0 Å². The lowest BCUT2D eigenvalue weighted by Crippen LogP contribution is -2.55. The summed E-state index contributed by atoms with van der Waals surface area (Å²) < 4.78 is 91.1. The highest BCUT2D eigenvalue weighted by molar-refractivity contribution is 4.86. The first-order valence-electron chi connectivity index (χ1n) is 3.66. The Bertz CT molecular complexity index is 215. The summed E-state index contributed by atoms with van der Waals surface area (Å²) >= 11 is 0. The second-order valence-electron chi connectivity index (χ2n) is 2.86. The molecule has 0 radical (unpaired) electrons. The molecule has 1 fully saturated rings. The summed E-state index contributed by atoms with van der Waals surface area (Å²) in [5, 5.41) is 0. The number of hydrogen-bond donors (Lipinski definition) is 0. The molecule has 0 aromatic carbocycles. The SMILES string of the molecule is FC(F)(F)C(F)(OCC1CO1)C(F)(F)F. The molecule has 2 nitrogen and oxygen atoms in total. The van der Waals surface area contributed by atoms with E-state index in [1.54, 1.807) is 0 Å². The van der Waals surface area contributed by atoms with E-state index in [1.165, 1.54) is 0 Å². The number of halogens is 7. The average Bonchev–Trinajstić information content (AvgIpc) is 2.78. The lowest BCUT2D eigenvalue weighted by atomic mass is 10.3. The van der Waals surface area contributed by atoms with Gasteiger partial charge in [0.1, 0.15) is 6.10 Å². The molecule has 1 rings (SSSR count). The Hall–Kier alpha value is -0.570. The van der Waals surface area contributed by atoms with Crippen molar-refractivity contribution in [3.63, 3.8) is 0 Å². The maximum atomic E-state index is 12.7. The molecular weight excluding hydrogens is 237 g/mol. The first-order chi connectivity index (χ1) is 6.58. The molecule has 1 atom stereocenters. The molecule has 0 aromatic heterocycles. The quantitative estimate of drug-likeness (QED) is 0.559. The Kier molecular flexibility index (Phi) is 2.90. The molecule has 0 aliphatic carbocycles. The highest BCUT2D eigenvalue weighted by Gasteiger charge is 2.74. The van der Waals surface area contributed by atoms with Crippen molar-refractivity contribution in [2.75, 3.05) is 13.2 Å². The molecule has 0 bridgehead atoms. The monoisotopic (exact) mass is 242 g/mol. The summed E-state index contributed by atoms with van der Waals surface area (Å²) in [5.41, 5.74) is 0. The van der Waals surface area contributed by atoms with Crippen molar-refractivity contribution in [2.24, 2.45) is 0 Å². The standard InChI is InChI=1S/C6H5F7O2/c7-4(5(8,9)10,6(11,12)13)15-2-3-1-14-3/h3H,1-2H2. The largest absolute Gasteiger partial charge is 0.458 e. The fourth-order valence-corrected chi connectivity index (χ4v) is 0.696. The third-order valence-electron chi connectivity index (χ3n) is 1.60. The Morgan fingerprint density at radius 2 is 1.40 bits per heavy atom. The summed E-state index contributed by atoms with van der Waals surface area (Å²) in [6, 6.07) is 0. The van der Waals surface area contributed by atoms with Gasteiger partial charge in [-0.3, -0.25) is 0 Å². The van der Waals surface area contributed by atoms with Gasteiger partial charge in [0.05, 0.1) is 13.2 Å².